The summed E-state index contributed by atoms with van der Waals surface area (Å²) in [6.45, 7) is 0.573. The van der Waals surface area contributed by atoms with E-state index in [9.17, 15) is 14.4 Å². The zero-order valence-electron chi connectivity index (χ0n) is 14.3. The number of anilines is 1. The molecule has 0 aliphatic carbocycles. The van der Waals surface area contributed by atoms with Crippen LogP contribution in [0.1, 0.15) is 10.4 Å². The number of nitrogens with zero attached hydrogens (tertiary/aromatic N) is 1. The van der Waals surface area contributed by atoms with Crippen molar-refractivity contribution in [3.05, 3.63) is 60.2 Å². The number of nitrogens with one attached hydrogen (secondary N) is 2. The van der Waals surface area contributed by atoms with Crippen LogP contribution in [0.4, 0.5) is 5.69 Å². The van der Waals surface area contributed by atoms with Crippen molar-refractivity contribution in [1.29, 1.82) is 0 Å². The predicted octanol–water partition coefficient (Wildman–Crippen LogP) is 1.27. The van der Waals surface area contributed by atoms with E-state index in [1.807, 2.05) is 0 Å². The molecule has 2 aromatic rings. The van der Waals surface area contributed by atoms with Gasteiger partial charge in [-0.15, -0.1) is 0 Å². The van der Waals surface area contributed by atoms with Gasteiger partial charge in [0.15, 0.2) is 6.04 Å². The number of carbonyl (C=O) groups is 3. The summed E-state index contributed by atoms with van der Waals surface area (Å²) in [5, 5.41) is 5.32. The number of hydrogen-bond donors (Lipinski definition) is 2. The Labute approximate surface area is 150 Å². The van der Waals surface area contributed by atoms with Gasteiger partial charge in [-0.05, 0) is 36.4 Å². The van der Waals surface area contributed by atoms with Gasteiger partial charge in [0.25, 0.3) is 17.7 Å². The molecule has 0 radical (unpaired) electrons. The molecule has 1 aliphatic rings. The molecule has 134 valence electrons. The van der Waals surface area contributed by atoms with Gasteiger partial charge in [-0.1, -0.05) is 18.2 Å². The first-order valence-electron chi connectivity index (χ1n) is 8.19. The molecule has 3 rings (SSSR count). The van der Waals surface area contributed by atoms with Crippen LogP contribution in [-0.2, 0) is 9.59 Å². The number of ether oxygens (including phenoxy) is 1. The van der Waals surface area contributed by atoms with E-state index in [1.54, 1.807) is 61.7 Å². The third kappa shape index (κ3) is 3.66. The molecule has 26 heavy (non-hydrogen) atoms. The molecule has 0 aromatic heterocycles. The summed E-state index contributed by atoms with van der Waals surface area (Å²) in [5.41, 5.74) is 0.950. The maximum absolute atomic E-state index is 12.7. The van der Waals surface area contributed by atoms with Crippen molar-refractivity contribution in [2.75, 3.05) is 25.5 Å². The molecule has 7 heteroatoms. The topological polar surface area (TPSA) is 87.7 Å². The average molecular weight is 353 g/mol. The number of benzene rings is 2. The van der Waals surface area contributed by atoms with Crippen molar-refractivity contribution in [1.82, 2.24) is 10.2 Å². The lowest BCUT2D eigenvalue weighted by Crippen LogP contribution is -2.61. The molecule has 7 nitrogen and oxygen atoms in total. The lowest BCUT2D eigenvalue weighted by Gasteiger charge is -2.34. The Bertz CT molecular complexity index is 805. The molecule has 0 spiro atoms. The first-order valence-corrected chi connectivity index (χ1v) is 8.19. The quantitative estimate of drug-likeness (QED) is 0.811. The largest absolute Gasteiger partial charge is 0.497 e. The van der Waals surface area contributed by atoms with Gasteiger partial charge >= 0.3 is 0 Å². The first-order chi connectivity index (χ1) is 12.6. The predicted molar refractivity (Wildman–Crippen MR) is 95.9 cm³/mol. The molecule has 3 amide bonds. The van der Waals surface area contributed by atoms with E-state index in [-0.39, 0.29) is 12.5 Å². The molecule has 1 atom stereocenters. The third-order valence-corrected chi connectivity index (χ3v) is 4.10. The molecule has 1 saturated heterocycles. The molecular weight excluding hydrogens is 334 g/mol. The molecule has 0 saturated carbocycles. The lowest BCUT2D eigenvalue weighted by molar-refractivity contribution is -0.135. The normalized spacial score (nSPS) is 16.6. The molecule has 1 unspecified atom stereocenters. The lowest BCUT2D eigenvalue weighted by atomic mass is 10.1. The second-order valence-electron chi connectivity index (χ2n) is 5.78. The van der Waals surface area contributed by atoms with Crippen molar-refractivity contribution in [3.8, 4) is 5.75 Å². The van der Waals surface area contributed by atoms with E-state index in [0.717, 1.165) is 0 Å². The van der Waals surface area contributed by atoms with Crippen molar-refractivity contribution in [2.24, 2.45) is 0 Å². The highest BCUT2D eigenvalue weighted by Gasteiger charge is 2.38. The van der Waals surface area contributed by atoms with Gasteiger partial charge in [-0.2, -0.15) is 0 Å². The Morgan fingerprint density at radius 3 is 2.46 bits per heavy atom. The van der Waals surface area contributed by atoms with Crippen LogP contribution in [0.15, 0.2) is 54.6 Å². The smallest absolute Gasteiger partial charge is 0.257 e. The van der Waals surface area contributed by atoms with E-state index >= 15 is 0 Å². The second kappa shape index (κ2) is 7.69. The average Bonchev–Trinajstić information content (AvgIpc) is 2.68. The van der Waals surface area contributed by atoms with Crippen molar-refractivity contribution in [2.45, 2.75) is 6.04 Å². The molecule has 0 bridgehead atoms. The third-order valence-electron chi connectivity index (χ3n) is 4.10. The van der Waals surface area contributed by atoms with Crippen molar-refractivity contribution in [3.63, 3.8) is 0 Å². The summed E-state index contributed by atoms with van der Waals surface area (Å²) < 4.78 is 5.08. The highest BCUT2D eigenvalue weighted by atomic mass is 16.5. The van der Waals surface area contributed by atoms with Crippen LogP contribution in [0.2, 0.25) is 0 Å². The van der Waals surface area contributed by atoms with Crippen LogP contribution in [0.25, 0.3) is 0 Å². The fraction of sp³-hybridized carbons (Fsp3) is 0.211. The van der Waals surface area contributed by atoms with Gasteiger partial charge in [-0.25, -0.2) is 0 Å². The molecule has 2 N–H and O–H groups in total. The van der Waals surface area contributed by atoms with E-state index < -0.39 is 17.9 Å². The zero-order chi connectivity index (χ0) is 18.5. The maximum Gasteiger partial charge on any atom is 0.257 e. The van der Waals surface area contributed by atoms with Crippen molar-refractivity contribution >= 4 is 23.4 Å². The number of rotatable bonds is 4. The summed E-state index contributed by atoms with van der Waals surface area (Å²) in [6.07, 6.45) is 0. The zero-order valence-corrected chi connectivity index (χ0v) is 14.3. The number of hydrogen-bond acceptors (Lipinski definition) is 4. The summed E-state index contributed by atoms with van der Waals surface area (Å²) in [7, 11) is 1.55. The molecule has 1 aliphatic heterocycles. The Morgan fingerprint density at radius 1 is 1.12 bits per heavy atom. The van der Waals surface area contributed by atoms with Crippen LogP contribution >= 0.6 is 0 Å². The van der Waals surface area contributed by atoms with Gasteiger partial charge in [0.1, 0.15) is 5.75 Å². The van der Waals surface area contributed by atoms with E-state index in [0.29, 0.717) is 23.5 Å². The molecular formula is C19H19N3O4. The molecule has 1 fully saturated rings. The van der Waals surface area contributed by atoms with Crippen molar-refractivity contribution < 1.29 is 19.1 Å². The Balaban J connectivity index is 1.80. The minimum absolute atomic E-state index is 0.264. The van der Waals surface area contributed by atoms with Crippen LogP contribution in [-0.4, -0.2) is 48.9 Å². The van der Waals surface area contributed by atoms with Crippen LogP contribution in [0.5, 0.6) is 5.75 Å². The minimum atomic E-state index is -1.22. The van der Waals surface area contributed by atoms with Gasteiger partial charge in [-0.3, -0.25) is 14.4 Å². The minimum Gasteiger partial charge on any atom is -0.497 e. The molecule has 1 heterocycles. The second-order valence-corrected chi connectivity index (χ2v) is 5.78. The highest BCUT2D eigenvalue weighted by molar-refractivity contribution is 6.13. The molecule has 2 aromatic carbocycles. The Morgan fingerprint density at radius 2 is 1.81 bits per heavy atom. The SMILES string of the molecule is COc1ccc(NC(=O)C2C(=O)NCCN2C(=O)c2ccccc2)cc1. The fourth-order valence-electron chi connectivity index (χ4n) is 2.78. The highest BCUT2D eigenvalue weighted by Crippen LogP contribution is 2.17. The van der Waals surface area contributed by atoms with Gasteiger partial charge in [0.05, 0.1) is 7.11 Å². The summed E-state index contributed by atoms with van der Waals surface area (Å²) in [6, 6.07) is 14.1. The standard InChI is InChI=1S/C19H19N3O4/c1-26-15-9-7-14(8-10-15)21-18(24)16-17(23)20-11-12-22(16)19(25)13-5-3-2-4-6-13/h2-10,16H,11-12H2,1H3,(H,20,23)(H,21,24). The number of amides is 3. The summed E-state index contributed by atoms with van der Waals surface area (Å²) >= 11 is 0. The Kier molecular flexibility index (Phi) is 5.17. The van der Waals surface area contributed by atoms with Crippen LogP contribution in [0.3, 0.4) is 0 Å². The van der Waals surface area contributed by atoms with Gasteiger partial charge in [0, 0.05) is 24.3 Å². The summed E-state index contributed by atoms with van der Waals surface area (Å²) in [4.78, 5) is 39.0. The number of methoxy groups -OCH3 is 1. The number of piperazine rings is 1. The summed E-state index contributed by atoms with van der Waals surface area (Å²) in [5.74, 6) is -0.752. The van der Waals surface area contributed by atoms with E-state index in [4.69, 9.17) is 4.74 Å². The monoisotopic (exact) mass is 353 g/mol. The number of carbonyl (C=O) groups excluding carboxylic acids is 3. The maximum atomic E-state index is 12.7. The van der Waals surface area contributed by atoms with Crippen LogP contribution < -0.4 is 15.4 Å². The van der Waals surface area contributed by atoms with E-state index in [2.05, 4.69) is 10.6 Å². The van der Waals surface area contributed by atoms with Gasteiger partial charge in [0.2, 0.25) is 0 Å². The van der Waals surface area contributed by atoms with Gasteiger partial charge < -0.3 is 20.3 Å². The van der Waals surface area contributed by atoms with E-state index in [1.165, 1.54) is 4.90 Å². The first kappa shape index (κ1) is 17.5. The Hall–Kier alpha value is -3.35. The fourth-order valence-corrected chi connectivity index (χ4v) is 2.78. The van der Waals surface area contributed by atoms with Crippen LogP contribution in [0, 0.1) is 0 Å².